The van der Waals surface area contributed by atoms with E-state index in [1.165, 1.54) is 13.5 Å². The van der Waals surface area contributed by atoms with Crippen molar-refractivity contribution in [1.29, 1.82) is 0 Å². The molecule has 2 heterocycles. The van der Waals surface area contributed by atoms with Crippen LogP contribution in [0.25, 0.3) is 0 Å². The van der Waals surface area contributed by atoms with Gasteiger partial charge in [-0.15, -0.1) is 35.1 Å². The highest BCUT2D eigenvalue weighted by Gasteiger charge is 1.99. The molecule has 17 heavy (non-hydrogen) atoms. The maximum absolute atomic E-state index is 4.23. The molecule has 94 valence electrons. The van der Waals surface area contributed by atoms with Crippen LogP contribution in [-0.2, 0) is 13.0 Å². The molecule has 0 aromatic carbocycles. The highest BCUT2D eigenvalue weighted by molar-refractivity contribution is 9.11. The molecule has 0 saturated heterocycles. The summed E-state index contributed by atoms with van der Waals surface area (Å²) in [5, 5.41) is 4.57. The second-order valence-electron chi connectivity index (χ2n) is 3.48. The Morgan fingerprint density at radius 2 is 2.12 bits per heavy atom. The van der Waals surface area contributed by atoms with Crippen LogP contribution in [0.3, 0.4) is 0 Å². The third kappa shape index (κ3) is 5.06. The van der Waals surface area contributed by atoms with Gasteiger partial charge in [-0.25, -0.2) is 4.98 Å². The van der Waals surface area contributed by atoms with Gasteiger partial charge in [-0.1, -0.05) is 0 Å². The normalized spacial score (nSPS) is 10.2. The highest BCUT2D eigenvalue weighted by Crippen LogP contribution is 2.22. The molecule has 2 nitrogen and oxygen atoms in total. The molecule has 2 aromatic heterocycles. The lowest BCUT2D eigenvalue weighted by Crippen LogP contribution is -2.15. The fourth-order valence-electron chi connectivity index (χ4n) is 1.40. The minimum atomic E-state index is 0. The van der Waals surface area contributed by atoms with E-state index < -0.39 is 0 Å². The fraction of sp³-hybridized carbons (Fsp3) is 0.364. The molecule has 2 aromatic rings. The van der Waals surface area contributed by atoms with Gasteiger partial charge < -0.3 is 5.32 Å². The Bertz CT molecular complexity index is 414. The van der Waals surface area contributed by atoms with E-state index in [9.17, 15) is 0 Å². The van der Waals surface area contributed by atoms with Crippen molar-refractivity contribution in [3.05, 3.63) is 36.9 Å². The summed E-state index contributed by atoms with van der Waals surface area (Å²) in [5.74, 6) is 0. The second-order valence-corrected chi connectivity index (χ2v) is 7.35. The number of hydrogen-bond acceptors (Lipinski definition) is 4. The van der Waals surface area contributed by atoms with Gasteiger partial charge in [0.05, 0.1) is 8.79 Å². The van der Waals surface area contributed by atoms with Gasteiger partial charge in [0.15, 0.2) is 0 Å². The van der Waals surface area contributed by atoms with Crippen LogP contribution in [0.4, 0.5) is 0 Å². The van der Waals surface area contributed by atoms with Crippen molar-refractivity contribution in [3.63, 3.8) is 0 Å². The molecule has 1 N–H and O–H groups in total. The van der Waals surface area contributed by atoms with Gasteiger partial charge in [-0.05, 0) is 41.4 Å². The van der Waals surface area contributed by atoms with Gasteiger partial charge in [-0.3, -0.25) is 0 Å². The fourth-order valence-corrected chi connectivity index (χ4v) is 3.64. The third-order valence-corrected chi connectivity index (χ3v) is 4.74. The lowest BCUT2D eigenvalue weighted by molar-refractivity contribution is 0.696. The first-order valence-electron chi connectivity index (χ1n) is 5.10. The van der Waals surface area contributed by atoms with Crippen molar-refractivity contribution >= 4 is 51.0 Å². The van der Waals surface area contributed by atoms with Crippen LogP contribution in [0.15, 0.2) is 22.1 Å². The van der Waals surface area contributed by atoms with Gasteiger partial charge in [0.2, 0.25) is 0 Å². The van der Waals surface area contributed by atoms with E-state index in [1.54, 1.807) is 22.7 Å². The number of aryl methyl sites for hydroxylation is 1. The first kappa shape index (κ1) is 15.1. The first-order chi connectivity index (χ1) is 7.74. The molecule has 0 radical (unpaired) electrons. The summed E-state index contributed by atoms with van der Waals surface area (Å²) in [5.41, 5.74) is 0. The molecule has 2 rings (SSSR count). The molecule has 0 spiro atoms. The number of halogens is 2. The van der Waals surface area contributed by atoms with E-state index >= 15 is 0 Å². The number of hydrogen-bond donors (Lipinski definition) is 1. The molecule has 0 unspecified atom stereocenters. The Hall–Kier alpha value is 0.0600. The highest BCUT2D eigenvalue weighted by atomic mass is 79.9. The Balaban J connectivity index is 0.00000144. The van der Waals surface area contributed by atoms with E-state index in [4.69, 9.17) is 0 Å². The van der Waals surface area contributed by atoms with Crippen LogP contribution >= 0.6 is 51.0 Å². The molecule has 0 aliphatic carbocycles. The molecule has 0 amide bonds. The van der Waals surface area contributed by atoms with Crippen molar-refractivity contribution in [3.8, 4) is 0 Å². The van der Waals surface area contributed by atoms with Crippen LogP contribution in [-0.4, -0.2) is 11.5 Å². The molecule has 0 atom stereocenters. The zero-order chi connectivity index (χ0) is 11.4. The van der Waals surface area contributed by atoms with Crippen molar-refractivity contribution in [2.75, 3.05) is 6.54 Å². The molecule has 0 aliphatic heterocycles. The quantitative estimate of drug-likeness (QED) is 0.821. The minimum absolute atomic E-state index is 0. The number of thiophene rings is 1. The van der Waals surface area contributed by atoms with Crippen LogP contribution < -0.4 is 5.32 Å². The van der Waals surface area contributed by atoms with Gasteiger partial charge in [0.25, 0.3) is 0 Å². The van der Waals surface area contributed by atoms with Crippen molar-refractivity contribution < 1.29 is 0 Å². The molecule has 0 saturated carbocycles. The van der Waals surface area contributed by atoms with E-state index in [0.717, 1.165) is 24.5 Å². The maximum Gasteiger partial charge on any atom is 0.0897 e. The summed E-state index contributed by atoms with van der Waals surface area (Å²) in [6.07, 6.45) is 3.04. The first-order valence-corrected chi connectivity index (χ1v) is 7.53. The predicted molar refractivity (Wildman–Crippen MR) is 81.5 cm³/mol. The molecular weight excluding hydrogens is 340 g/mol. The van der Waals surface area contributed by atoms with Crippen LogP contribution in [0.5, 0.6) is 0 Å². The molecule has 0 aliphatic rings. The van der Waals surface area contributed by atoms with Gasteiger partial charge >= 0.3 is 0 Å². The van der Waals surface area contributed by atoms with Crippen LogP contribution in [0, 0.1) is 6.92 Å². The average molecular weight is 354 g/mol. The van der Waals surface area contributed by atoms with Crippen LogP contribution in [0.2, 0.25) is 0 Å². The maximum atomic E-state index is 4.23. The molecule has 6 heteroatoms. The van der Waals surface area contributed by atoms with E-state index in [0.29, 0.717) is 0 Å². The number of aromatic nitrogens is 1. The zero-order valence-corrected chi connectivity index (χ0v) is 13.4. The molecular formula is C11H14BrClN2S2. The Kier molecular flexibility index (Phi) is 6.66. The lowest BCUT2D eigenvalue weighted by Gasteiger charge is -2.00. The largest absolute Gasteiger partial charge is 0.311 e. The number of nitrogens with one attached hydrogen (secondary N) is 1. The lowest BCUT2D eigenvalue weighted by atomic mass is 10.3. The zero-order valence-electron chi connectivity index (χ0n) is 9.40. The summed E-state index contributed by atoms with van der Waals surface area (Å²) >= 11 is 7.04. The Morgan fingerprint density at radius 1 is 1.29 bits per heavy atom. The summed E-state index contributed by atoms with van der Waals surface area (Å²) < 4.78 is 1.21. The molecule has 0 fully saturated rings. The SMILES string of the molecule is Cc1ncc(CNCCc2ccc(Br)s2)s1.Cl. The van der Waals surface area contributed by atoms with Crippen LogP contribution in [0.1, 0.15) is 14.8 Å². The minimum Gasteiger partial charge on any atom is -0.311 e. The van der Waals surface area contributed by atoms with E-state index in [-0.39, 0.29) is 12.4 Å². The Labute approximate surface area is 124 Å². The summed E-state index contributed by atoms with van der Waals surface area (Å²) in [6, 6.07) is 4.28. The van der Waals surface area contributed by atoms with Gasteiger partial charge in [-0.2, -0.15) is 0 Å². The third-order valence-electron chi connectivity index (χ3n) is 2.15. The van der Waals surface area contributed by atoms with Gasteiger partial charge in [0, 0.05) is 29.0 Å². The summed E-state index contributed by atoms with van der Waals surface area (Å²) in [6.45, 7) is 3.99. The number of nitrogens with zero attached hydrogens (tertiary/aromatic N) is 1. The number of rotatable bonds is 5. The van der Waals surface area contributed by atoms with E-state index in [2.05, 4.69) is 38.4 Å². The molecule has 0 bridgehead atoms. The van der Waals surface area contributed by atoms with Crippen molar-refractivity contribution in [2.24, 2.45) is 0 Å². The standard InChI is InChI=1S/C11H13BrN2S2.ClH/c1-8-14-7-10(15-8)6-13-5-4-9-2-3-11(12)16-9;/h2-3,7,13H,4-6H2,1H3;1H. The van der Waals surface area contributed by atoms with Crippen molar-refractivity contribution in [1.82, 2.24) is 10.3 Å². The smallest absolute Gasteiger partial charge is 0.0897 e. The topological polar surface area (TPSA) is 24.9 Å². The average Bonchev–Trinajstić information content (AvgIpc) is 2.83. The predicted octanol–water partition coefficient (Wildman–Crippen LogP) is 4.03. The van der Waals surface area contributed by atoms with E-state index in [1.807, 2.05) is 13.1 Å². The second kappa shape index (κ2) is 7.48. The monoisotopic (exact) mass is 352 g/mol. The van der Waals surface area contributed by atoms with Crippen molar-refractivity contribution in [2.45, 2.75) is 19.9 Å². The summed E-state index contributed by atoms with van der Waals surface area (Å²) in [7, 11) is 0. The van der Waals surface area contributed by atoms with Gasteiger partial charge in [0.1, 0.15) is 0 Å². The number of thiazole rings is 1. The summed E-state index contributed by atoms with van der Waals surface area (Å²) in [4.78, 5) is 6.96. The Morgan fingerprint density at radius 3 is 2.71 bits per heavy atom.